The molecule has 0 aliphatic carbocycles. The van der Waals surface area contributed by atoms with Crippen LogP contribution in [0.4, 0.5) is 11.4 Å². The number of hydrogen-bond donors (Lipinski definition) is 3. The zero-order valence-corrected chi connectivity index (χ0v) is 7.88. The molecule has 4 N–H and O–H groups in total. The highest BCUT2D eigenvalue weighted by atomic mass is 16.3. The monoisotopic (exact) mass is 180 g/mol. The van der Waals surface area contributed by atoms with Crippen LogP contribution in [0.2, 0.25) is 0 Å². The lowest BCUT2D eigenvalue weighted by molar-refractivity contribution is 0.311. The fraction of sp³-hybridized carbons (Fsp3) is 0.400. The van der Waals surface area contributed by atoms with E-state index in [0.717, 1.165) is 17.8 Å². The van der Waals surface area contributed by atoms with Crippen LogP contribution < -0.4 is 11.1 Å². The first-order valence-electron chi connectivity index (χ1n) is 4.51. The van der Waals surface area contributed by atoms with Crippen molar-refractivity contribution in [3.63, 3.8) is 0 Å². The number of hydrogen-bond acceptors (Lipinski definition) is 3. The summed E-state index contributed by atoms with van der Waals surface area (Å²) in [6, 6.07) is 5.77. The van der Waals surface area contributed by atoms with Crippen LogP contribution in [-0.2, 0) is 6.42 Å². The fourth-order valence-electron chi connectivity index (χ4n) is 1.27. The zero-order valence-electron chi connectivity index (χ0n) is 7.88. The van der Waals surface area contributed by atoms with Crippen LogP contribution in [0.1, 0.15) is 12.5 Å². The predicted molar refractivity (Wildman–Crippen MR) is 55.8 cm³/mol. The number of aliphatic hydroxyl groups excluding tert-OH is 1. The molecule has 0 amide bonds. The summed E-state index contributed by atoms with van der Waals surface area (Å²) in [6.45, 7) is 2.81. The second kappa shape index (κ2) is 4.72. The van der Waals surface area contributed by atoms with Crippen LogP contribution in [0.15, 0.2) is 18.2 Å². The first-order valence-corrected chi connectivity index (χ1v) is 4.51. The summed E-state index contributed by atoms with van der Waals surface area (Å²) in [5.41, 5.74) is 8.69. The van der Waals surface area contributed by atoms with Crippen molar-refractivity contribution in [1.29, 1.82) is 0 Å². The largest absolute Gasteiger partial charge is 0.399 e. The van der Waals surface area contributed by atoms with Gasteiger partial charge in [0.1, 0.15) is 0 Å². The second-order valence-electron chi connectivity index (χ2n) is 2.92. The van der Waals surface area contributed by atoms with Crippen molar-refractivity contribution < 1.29 is 5.11 Å². The summed E-state index contributed by atoms with van der Waals surface area (Å²) >= 11 is 0. The molecule has 0 aliphatic rings. The molecule has 1 aromatic rings. The normalized spacial score (nSPS) is 10.0. The highest BCUT2D eigenvalue weighted by Gasteiger charge is 1.99. The Morgan fingerprint density at radius 2 is 2.23 bits per heavy atom. The molecule has 1 aromatic carbocycles. The highest BCUT2D eigenvalue weighted by molar-refractivity contribution is 5.58. The third kappa shape index (κ3) is 2.63. The average Bonchev–Trinajstić information content (AvgIpc) is 2.16. The van der Waals surface area contributed by atoms with E-state index >= 15 is 0 Å². The van der Waals surface area contributed by atoms with Gasteiger partial charge in [-0.1, -0.05) is 6.92 Å². The van der Waals surface area contributed by atoms with E-state index in [1.165, 1.54) is 5.56 Å². The Kier molecular flexibility index (Phi) is 3.58. The van der Waals surface area contributed by atoms with Gasteiger partial charge in [-0.2, -0.15) is 0 Å². The number of nitrogens with one attached hydrogen (secondary N) is 1. The summed E-state index contributed by atoms with van der Waals surface area (Å²) in [4.78, 5) is 0. The first kappa shape index (κ1) is 9.86. The third-order valence-electron chi connectivity index (χ3n) is 1.94. The number of nitrogen functional groups attached to an aromatic ring is 1. The lowest BCUT2D eigenvalue weighted by Crippen LogP contribution is -2.07. The number of rotatable bonds is 4. The Morgan fingerprint density at radius 3 is 2.85 bits per heavy atom. The second-order valence-corrected chi connectivity index (χ2v) is 2.92. The molecule has 1 rings (SSSR count). The van der Waals surface area contributed by atoms with Crippen molar-refractivity contribution in [3.8, 4) is 0 Å². The molecule has 72 valence electrons. The summed E-state index contributed by atoms with van der Waals surface area (Å²) < 4.78 is 0. The van der Waals surface area contributed by atoms with Gasteiger partial charge in [-0.3, -0.25) is 0 Å². The Morgan fingerprint density at radius 1 is 1.46 bits per heavy atom. The third-order valence-corrected chi connectivity index (χ3v) is 1.94. The van der Waals surface area contributed by atoms with Gasteiger partial charge in [0.15, 0.2) is 0 Å². The van der Waals surface area contributed by atoms with E-state index in [2.05, 4.69) is 12.2 Å². The number of nitrogens with two attached hydrogens (primary N) is 1. The zero-order chi connectivity index (χ0) is 9.68. The van der Waals surface area contributed by atoms with Crippen LogP contribution in [0.5, 0.6) is 0 Å². The van der Waals surface area contributed by atoms with Crippen molar-refractivity contribution >= 4 is 11.4 Å². The van der Waals surface area contributed by atoms with E-state index in [1.54, 1.807) is 0 Å². The molecule has 0 heterocycles. The van der Waals surface area contributed by atoms with Crippen LogP contribution in [-0.4, -0.2) is 18.3 Å². The number of benzene rings is 1. The Hall–Kier alpha value is -1.22. The molecule has 3 heteroatoms. The van der Waals surface area contributed by atoms with E-state index in [1.807, 2.05) is 18.2 Å². The molecule has 0 unspecified atom stereocenters. The van der Waals surface area contributed by atoms with Gasteiger partial charge >= 0.3 is 0 Å². The first-order chi connectivity index (χ1) is 6.27. The van der Waals surface area contributed by atoms with Crippen molar-refractivity contribution in [1.82, 2.24) is 0 Å². The van der Waals surface area contributed by atoms with Crippen molar-refractivity contribution in [2.24, 2.45) is 0 Å². The van der Waals surface area contributed by atoms with Crippen molar-refractivity contribution in [2.75, 3.05) is 24.2 Å². The summed E-state index contributed by atoms with van der Waals surface area (Å²) in [5, 5.41) is 11.8. The maximum atomic E-state index is 8.66. The molecule has 0 saturated heterocycles. The van der Waals surface area contributed by atoms with Crippen molar-refractivity contribution in [3.05, 3.63) is 23.8 Å². The smallest absolute Gasteiger partial charge is 0.0604 e. The van der Waals surface area contributed by atoms with E-state index in [-0.39, 0.29) is 6.61 Å². The van der Waals surface area contributed by atoms with E-state index in [0.29, 0.717) is 6.54 Å². The number of aliphatic hydroxyl groups is 1. The standard InChI is InChI=1S/C10H16N2O/c1-2-8-7-9(11)3-4-10(8)12-5-6-13/h3-4,7,12-13H,2,5-6,11H2,1H3. The maximum absolute atomic E-state index is 8.66. The van der Waals surface area contributed by atoms with Gasteiger partial charge in [0.05, 0.1) is 6.61 Å². The van der Waals surface area contributed by atoms with Crippen LogP contribution in [0, 0.1) is 0 Å². The molecule has 0 bridgehead atoms. The predicted octanol–water partition coefficient (Wildman–Crippen LogP) is 1.24. The van der Waals surface area contributed by atoms with E-state index in [4.69, 9.17) is 10.8 Å². The van der Waals surface area contributed by atoms with Gasteiger partial charge in [0.2, 0.25) is 0 Å². The van der Waals surface area contributed by atoms with Gasteiger partial charge in [0.25, 0.3) is 0 Å². The van der Waals surface area contributed by atoms with Gasteiger partial charge in [-0.05, 0) is 30.2 Å². The highest BCUT2D eigenvalue weighted by Crippen LogP contribution is 2.18. The minimum absolute atomic E-state index is 0.146. The Bertz CT molecular complexity index is 274. The van der Waals surface area contributed by atoms with Crippen molar-refractivity contribution in [2.45, 2.75) is 13.3 Å². The maximum Gasteiger partial charge on any atom is 0.0604 e. The minimum Gasteiger partial charge on any atom is -0.399 e. The molecular formula is C10H16N2O. The van der Waals surface area contributed by atoms with Gasteiger partial charge in [-0.25, -0.2) is 0 Å². The van der Waals surface area contributed by atoms with Gasteiger partial charge in [0, 0.05) is 17.9 Å². The summed E-state index contributed by atoms with van der Waals surface area (Å²) in [6.07, 6.45) is 0.943. The van der Waals surface area contributed by atoms with Gasteiger partial charge in [-0.15, -0.1) is 0 Å². The molecule has 0 spiro atoms. The molecular weight excluding hydrogens is 164 g/mol. The SMILES string of the molecule is CCc1cc(N)ccc1NCCO. The average molecular weight is 180 g/mol. The van der Waals surface area contributed by atoms with Crippen LogP contribution >= 0.6 is 0 Å². The number of aryl methyl sites for hydroxylation is 1. The molecule has 0 saturated carbocycles. The Labute approximate surface area is 78.6 Å². The molecule has 0 atom stereocenters. The quantitative estimate of drug-likeness (QED) is 0.611. The summed E-state index contributed by atoms with van der Waals surface area (Å²) in [7, 11) is 0. The topological polar surface area (TPSA) is 58.3 Å². The minimum atomic E-state index is 0.146. The lowest BCUT2D eigenvalue weighted by atomic mass is 10.1. The molecule has 0 fully saturated rings. The van der Waals surface area contributed by atoms with Crippen LogP contribution in [0.25, 0.3) is 0 Å². The molecule has 13 heavy (non-hydrogen) atoms. The van der Waals surface area contributed by atoms with E-state index in [9.17, 15) is 0 Å². The lowest BCUT2D eigenvalue weighted by Gasteiger charge is -2.10. The number of anilines is 2. The Balaban J connectivity index is 2.79. The molecule has 0 radical (unpaired) electrons. The molecule has 0 aromatic heterocycles. The summed E-state index contributed by atoms with van der Waals surface area (Å²) in [5.74, 6) is 0. The van der Waals surface area contributed by atoms with Crippen LogP contribution in [0.3, 0.4) is 0 Å². The fourth-order valence-corrected chi connectivity index (χ4v) is 1.27. The molecule has 3 nitrogen and oxygen atoms in total. The molecule has 0 aliphatic heterocycles. The van der Waals surface area contributed by atoms with E-state index < -0.39 is 0 Å². The van der Waals surface area contributed by atoms with Gasteiger partial charge < -0.3 is 16.2 Å².